The molecule has 7 nitrogen and oxygen atoms in total. The lowest BCUT2D eigenvalue weighted by atomic mass is 9.93. The van der Waals surface area contributed by atoms with E-state index in [9.17, 15) is 0 Å². The van der Waals surface area contributed by atoms with Gasteiger partial charge in [0.05, 0.1) is 0 Å². The number of para-hydroxylation sites is 1. The van der Waals surface area contributed by atoms with Gasteiger partial charge < -0.3 is 0 Å². The zero-order valence-electron chi connectivity index (χ0n) is 15.6. The van der Waals surface area contributed by atoms with E-state index in [1.165, 1.54) is 5.56 Å². The van der Waals surface area contributed by atoms with Crippen LogP contribution >= 0.6 is 0 Å². The van der Waals surface area contributed by atoms with Gasteiger partial charge in [-0.2, -0.15) is 0 Å². The van der Waals surface area contributed by atoms with Crippen molar-refractivity contribution in [1.82, 2.24) is 30.0 Å². The predicted molar refractivity (Wildman–Crippen MR) is 105 cm³/mol. The Morgan fingerprint density at radius 1 is 0.964 bits per heavy atom. The van der Waals surface area contributed by atoms with Gasteiger partial charge >= 0.3 is 0 Å². The fourth-order valence-electron chi connectivity index (χ4n) is 4.04. The predicted octanol–water partition coefficient (Wildman–Crippen LogP) is 3.26. The molecule has 0 spiro atoms. The first-order chi connectivity index (χ1) is 13.9. The van der Waals surface area contributed by atoms with E-state index in [-0.39, 0.29) is 0 Å². The number of likely N-dealkylation sites (tertiary alicyclic amines) is 1. The summed E-state index contributed by atoms with van der Waals surface area (Å²) in [5.74, 6) is 1.68. The number of hydrogen-bond acceptors (Lipinski definition) is 6. The summed E-state index contributed by atoms with van der Waals surface area (Å²) in [6, 6.07) is 16.4. The molecule has 4 aromatic rings. The van der Waals surface area contributed by atoms with Crippen molar-refractivity contribution in [2.24, 2.45) is 5.92 Å². The minimum atomic E-state index is 0.632. The third kappa shape index (κ3) is 3.41. The SMILES string of the molecule is c1ccc(-n2cnnc2CC2CCN(Cc3cccc4nonc34)CC2)cc1. The minimum absolute atomic E-state index is 0.632. The maximum absolute atomic E-state index is 4.88. The van der Waals surface area contributed by atoms with Gasteiger partial charge in [-0.3, -0.25) is 9.47 Å². The molecular weight excluding hydrogens is 352 g/mol. The van der Waals surface area contributed by atoms with Gasteiger partial charge in [0, 0.05) is 18.7 Å². The highest BCUT2D eigenvalue weighted by Crippen LogP contribution is 2.24. The number of nitrogens with zero attached hydrogens (tertiary/aromatic N) is 6. The standard InChI is InChI=1S/C21H22N6O/c1-2-6-18(7-3-1)27-15-22-23-20(27)13-16-9-11-26(12-10-16)14-17-5-4-8-19-21(17)25-28-24-19/h1-8,15-16H,9-14H2. The summed E-state index contributed by atoms with van der Waals surface area (Å²) in [6.45, 7) is 3.04. The van der Waals surface area contributed by atoms with Crippen LogP contribution in [0.1, 0.15) is 24.2 Å². The number of rotatable bonds is 5. The van der Waals surface area contributed by atoms with Crippen LogP contribution in [0.25, 0.3) is 16.7 Å². The molecular formula is C21H22N6O. The van der Waals surface area contributed by atoms with Gasteiger partial charge in [0.25, 0.3) is 0 Å². The van der Waals surface area contributed by atoms with Crippen molar-refractivity contribution >= 4 is 11.0 Å². The number of fused-ring (bicyclic) bond motifs is 1. The second-order valence-electron chi connectivity index (χ2n) is 7.43. The molecule has 7 heteroatoms. The van der Waals surface area contributed by atoms with Gasteiger partial charge in [0.2, 0.25) is 0 Å². The Morgan fingerprint density at radius 2 is 1.82 bits per heavy atom. The van der Waals surface area contributed by atoms with Gasteiger partial charge in [-0.05, 0) is 65.9 Å². The van der Waals surface area contributed by atoms with Gasteiger partial charge in [-0.25, -0.2) is 4.63 Å². The second-order valence-corrected chi connectivity index (χ2v) is 7.43. The van der Waals surface area contributed by atoms with Gasteiger partial charge in [-0.1, -0.05) is 30.3 Å². The Balaban J connectivity index is 1.22. The van der Waals surface area contributed by atoms with Gasteiger partial charge in [-0.15, -0.1) is 10.2 Å². The minimum Gasteiger partial charge on any atom is -0.299 e. The van der Waals surface area contributed by atoms with Crippen molar-refractivity contribution in [3.05, 3.63) is 66.2 Å². The molecule has 1 aliphatic heterocycles. The summed E-state index contributed by atoms with van der Waals surface area (Å²) in [4.78, 5) is 2.49. The lowest BCUT2D eigenvalue weighted by Crippen LogP contribution is -2.34. The summed E-state index contributed by atoms with van der Waals surface area (Å²) in [7, 11) is 0. The monoisotopic (exact) mass is 374 g/mol. The van der Waals surface area contributed by atoms with E-state index in [0.717, 1.165) is 61.4 Å². The summed E-state index contributed by atoms with van der Waals surface area (Å²) in [5, 5.41) is 16.5. The van der Waals surface area contributed by atoms with Crippen molar-refractivity contribution < 1.29 is 4.63 Å². The van der Waals surface area contributed by atoms with Crippen LogP contribution in [0.2, 0.25) is 0 Å². The summed E-state index contributed by atoms with van der Waals surface area (Å²) >= 11 is 0. The number of aromatic nitrogens is 5. The van der Waals surface area contributed by atoms with E-state index in [0.29, 0.717) is 5.92 Å². The first kappa shape index (κ1) is 17.1. The smallest absolute Gasteiger partial charge is 0.139 e. The second kappa shape index (κ2) is 7.52. The maximum atomic E-state index is 4.88. The van der Waals surface area contributed by atoms with Crippen LogP contribution in [0.5, 0.6) is 0 Å². The van der Waals surface area contributed by atoms with Crippen molar-refractivity contribution in [2.45, 2.75) is 25.8 Å². The van der Waals surface area contributed by atoms with Crippen molar-refractivity contribution in [1.29, 1.82) is 0 Å². The zero-order valence-corrected chi connectivity index (χ0v) is 15.6. The molecule has 0 N–H and O–H groups in total. The molecule has 0 aliphatic carbocycles. The molecule has 1 saturated heterocycles. The van der Waals surface area contributed by atoms with Crippen LogP contribution in [0.15, 0.2) is 59.5 Å². The summed E-state index contributed by atoms with van der Waals surface area (Å²) in [5.41, 5.74) is 4.00. The van der Waals surface area contributed by atoms with Crippen molar-refractivity contribution in [3.63, 3.8) is 0 Å². The Hall–Kier alpha value is -3.06. The Bertz CT molecular complexity index is 1050. The van der Waals surface area contributed by atoms with Crippen LogP contribution in [-0.4, -0.2) is 43.1 Å². The van der Waals surface area contributed by atoms with Gasteiger partial charge in [0.1, 0.15) is 23.2 Å². The number of piperidine rings is 1. The van der Waals surface area contributed by atoms with Crippen molar-refractivity contribution in [2.75, 3.05) is 13.1 Å². The Labute approximate surface area is 162 Å². The molecule has 1 aliphatic rings. The molecule has 0 amide bonds. The molecule has 0 atom stereocenters. The maximum Gasteiger partial charge on any atom is 0.139 e. The third-order valence-corrected chi connectivity index (χ3v) is 5.59. The van der Waals surface area contributed by atoms with E-state index in [4.69, 9.17) is 4.63 Å². The van der Waals surface area contributed by atoms with E-state index in [1.807, 2.05) is 36.7 Å². The van der Waals surface area contributed by atoms with Crippen LogP contribution in [0.3, 0.4) is 0 Å². The highest BCUT2D eigenvalue weighted by atomic mass is 16.6. The topological polar surface area (TPSA) is 72.9 Å². The first-order valence-electron chi connectivity index (χ1n) is 9.73. The molecule has 0 saturated carbocycles. The third-order valence-electron chi connectivity index (χ3n) is 5.59. The van der Waals surface area contributed by atoms with E-state index >= 15 is 0 Å². The Kier molecular flexibility index (Phi) is 4.58. The molecule has 2 aromatic carbocycles. The van der Waals surface area contributed by atoms with Crippen LogP contribution in [0, 0.1) is 5.92 Å². The highest BCUT2D eigenvalue weighted by Gasteiger charge is 2.22. The Morgan fingerprint density at radius 3 is 2.68 bits per heavy atom. The molecule has 2 aromatic heterocycles. The van der Waals surface area contributed by atoms with Crippen LogP contribution < -0.4 is 0 Å². The average molecular weight is 374 g/mol. The molecule has 28 heavy (non-hydrogen) atoms. The molecule has 3 heterocycles. The molecule has 142 valence electrons. The average Bonchev–Trinajstić information content (AvgIpc) is 3.40. The number of hydrogen-bond donors (Lipinski definition) is 0. The van der Waals surface area contributed by atoms with Crippen LogP contribution in [0.4, 0.5) is 0 Å². The van der Waals surface area contributed by atoms with Crippen LogP contribution in [-0.2, 0) is 13.0 Å². The number of benzene rings is 2. The summed E-state index contributed by atoms with van der Waals surface area (Å²) in [6.07, 6.45) is 5.10. The lowest BCUT2D eigenvalue weighted by Gasteiger charge is -2.31. The highest BCUT2D eigenvalue weighted by molar-refractivity contribution is 5.76. The zero-order chi connectivity index (χ0) is 18.8. The first-order valence-corrected chi connectivity index (χ1v) is 9.73. The normalized spacial score (nSPS) is 16.0. The van der Waals surface area contributed by atoms with E-state index in [2.05, 4.69) is 48.2 Å². The fraction of sp³-hybridized carbons (Fsp3) is 0.333. The molecule has 0 bridgehead atoms. The molecule has 0 radical (unpaired) electrons. The fourth-order valence-corrected chi connectivity index (χ4v) is 4.04. The lowest BCUT2D eigenvalue weighted by molar-refractivity contribution is 0.176. The molecule has 0 unspecified atom stereocenters. The largest absolute Gasteiger partial charge is 0.299 e. The van der Waals surface area contributed by atoms with Gasteiger partial charge in [0.15, 0.2) is 0 Å². The quantitative estimate of drug-likeness (QED) is 0.534. The molecule has 5 rings (SSSR count). The molecule has 1 fully saturated rings. The van der Waals surface area contributed by atoms with E-state index < -0.39 is 0 Å². The summed E-state index contributed by atoms with van der Waals surface area (Å²) < 4.78 is 6.99. The van der Waals surface area contributed by atoms with E-state index in [1.54, 1.807) is 0 Å². The van der Waals surface area contributed by atoms with Crippen molar-refractivity contribution in [3.8, 4) is 5.69 Å².